The number of carbonyl (C=O) groups is 1. The quantitative estimate of drug-likeness (QED) is 0.704. The smallest absolute Gasteiger partial charge is 0.322 e. The Labute approximate surface area is 86.8 Å². The molecular weight excluding hydrogens is 209 g/mol. The minimum Gasteiger partial charge on any atom is -0.322 e. The van der Waals surface area contributed by atoms with E-state index in [1.807, 2.05) is 0 Å². The third-order valence-corrected chi connectivity index (χ3v) is 2.34. The molecule has 1 fully saturated rings. The third-order valence-electron chi connectivity index (χ3n) is 2.34. The molecule has 2 amide bonds. The van der Waals surface area contributed by atoms with Crippen molar-refractivity contribution in [3.05, 3.63) is 0 Å². The Morgan fingerprint density at radius 1 is 1.33 bits per heavy atom. The molecule has 15 heavy (non-hydrogen) atoms. The maximum Gasteiger partial charge on any atom is 0.406 e. The lowest BCUT2D eigenvalue weighted by molar-refractivity contribution is -0.142. The van der Waals surface area contributed by atoms with E-state index in [0.717, 1.165) is 4.90 Å². The molecule has 0 atom stereocenters. The van der Waals surface area contributed by atoms with Gasteiger partial charge in [0.2, 0.25) is 0 Å². The van der Waals surface area contributed by atoms with Crippen LogP contribution in [0.2, 0.25) is 0 Å². The zero-order valence-electron chi connectivity index (χ0n) is 8.84. The molecule has 1 heterocycles. The van der Waals surface area contributed by atoms with E-state index in [0.29, 0.717) is 13.0 Å². The van der Waals surface area contributed by atoms with Gasteiger partial charge in [0, 0.05) is 19.1 Å². The molecular formula is C9H15F3N2O. The van der Waals surface area contributed by atoms with Gasteiger partial charge in [-0.2, -0.15) is 13.2 Å². The van der Waals surface area contributed by atoms with Crippen LogP contribution in [-0.4, -0.2) is 47.7 Å². The molecule has 1 saturated heterocycles. The number of hydrogen-bond donors (Lipinski definition) is 0. The van der Waals surface area contributed by atoms with Crippen LogP contribution in [0.25, 0.3) is 0 Å². The summed E-state index contributed by atoms with van der Waals surface area (Å²) in [7, 11) is 0. The number of alkyl halides is 3. The van der Waals surface area contributed by atoms with Gasteiger partial charge in [-0.3, -0.25) is 0 Å². The highest BCUT2D eigenvalue weighted by Crippen LogP contribution is 2.20. The standard InChI is InChI=1S/C9H15F3N2O/c1-7(2)14-5-3-4-13(8(14)15)6-9(10,11)12/h7H,3-6H2,1-2H3. The van der Waals surface area contributed by atoms with Gasteiger partial charge in [0.1, 0.15) is 6.54 Å². The molecule has 3 nitrogen and oxygen atoms in total. The van der Waals surface area contributed by atoms with Crippen LogP contribution < -0.4 is 0 Å². The molecule has 0 unspecified atom stereocenters. The first-order valence-electron chi connectivity index (χ1n) is 4.93. The summed E-state index contributed by atoms with van der Waals surface area (Å²) in [6, 6.07) is -0.554. The first-order valence-corrected chi connectivity index (χ1v) is 4.93. The molecule has 6 heteroatoms. The van der Waals surface area contributed by atoms with Crippen molar-refractivity contribution in [3.8, 4) is 0 Å². The molecule has 88 valence electrons. The summed E-state index contributed by atoms with van der Waals surface area (Å²) in [5.41, 5.74) is 0. The van der Waals surface area contributed by atoms with Crippen molar-refractivity contribution >= 4 is 6.03 Å². The lowest BCUT2D eigenvalue weighted by Crippen LogP contribution is -2.54. The molecule has 0 spiro atoms. The SMILES string of the molecule is CC(C)N1CCCN(CC(F)(F)F)C1=O. The number of rotatable bonds is 2. The van der Waals surface area contributed by atoms with Crippen LogP contribution in [0.5, 0.6) is 0 Å². The molecule has 0 bridgehead atoms. The van der Waals surface area contributed by atoms with Gasteiger partial charge in [0.05, 0.1) is 0 Å². The molecule has 0 N–H and O–H groups in total. The van der Waals surface area contributed by atoms with Gasteiger partial charge in [-0.05, 0) is 20.3 Å². The maximum absolute atomic E-state index is 12.1. The van der Waals surface area contributed by atoms with E-state index >= 15 is 0 Å². The second kappa shape index (κ2) is 4.28. The molecule has 0 aromatic carbocycles. The Morgan fingerprint density at radius 2 is 1.93 bits per heavy atom. The zero-order valence-corrected chi connectivity index (χ0v) is 8.84. The van der Waals surface area contributed by atoms with Crippen LogP contribution in [0, 0.1) is 0 Å². The minimum atomic E-state index is -4.31. The van der Waals surface area contributed by atoms with Crippen LogP contribution in [0.3, 0.4) is 0 Å². The zero-order chi connectivity index (χ0) is 11.6. The summed E-state index contributed by atoms with van der Waals surface area (Å²) in [5.74, 6) is 0. The van der Waals surface area contributed by atoms with Crippen LogP contribution in [0.15, 0.2) is 0 Å². The van der Waals surface area contributed by atoms with Crippen molar-refractivity contribution < 1.29 is 18.0 Å². The molecule has 1 aliphatic heterocycles. The minimum absolute atomic E-state index is 0.0477. The van der Waals surface area contributed by atoms with Crippen molar-refractivity contribution in [1.82, 2.24) is 9.80 Å². The number of carbonyl (C=O) groups excluding carboxylic acids is 1. The summed E-state index contributed by atoms with van der Waals surface area (Å²) in [6.45, 7) is 3.20. The average Bonchev–Trinajstić information content (AvgIpc) is 2.05. The second-order valence-corrected chi connectivity index (χ2v) is 3.96. The average molecular weight is 224 g/mol. The lowest BCUT2D eigenvalue weighted by Gasteiger charge is -2.38. The summed E-state index contributed by atoms with van der Waals surface area (Å²) in [5, 5.41) is 0. The monoisotopic (exact) mass is 224 g/mol. The first-order chi connectivity index (χ1) is 6.81. The van der Waals surface area contributed by atoms with Gasteiger partial charge in [-0.1, -0.05) is 0 Å². The highest BCUT2D eigenvalue weighted by molar-refractivity contribution is 5.75. The first kappa shape index (κ1) is 12.1. The van der Waals surface area contributed by atoms with Crippen molar-refractivity contribution in [2.24, 2.45) is 0 Å². The molecule has 0 radical (unpaired) electrons. The highest BCUT2D eigenvalue weighted by atomic mass is 19.4. The number of hydrogen-bond acceptors (Lipinski definition) is 1. The van der Waals surface area contributed by atoms with E-state index < -0.39 is 18.8 Å². The van der Waals surface area contributed by atoms with E-state index in [2.05, 4.69) is 0 Å². The Morgan fingerprint density at radius 3 is 2.40 bits per heavy atom. The molecule has 1 aliphatic rings. The predicted octanol–water partition coefficient (Wildman–Crippen LogP) is 2.08. The Kier molecular flexibility index (Phi) is 3.46. The predicted molar refractivity (Wildman–Crippen MR) is 49.5 cm³/mol. The van der Waals surface area contributed by atoms with E-state index in [1.54, 1.807) is 13.8 Å². The van der Waals surface area contributed by atoms with E-state index in [4.69, 9.17) is 0 Å². The Balaban J connectivity index is 2.63. The van der Waals surface area contributed by atoms with Crippen LogP contribution >= 0.6 is 0 Å². The van der Waals surface area contributed by atoms with Gasteiger partial charge in [-0.15, -0.1) is 0 Å². The van der Waals surface area contributed by atoms with E-state index in [1.165, 1.54) is 4.90 Å². The summed E-state index contributed by atoms with van der Waals surface area (Å²) in [6.07, 6.45) is -3.71. The van der Waals surface area contributed by atoms with E-state index in [-0.39, 0.29) is 12.6 Å². The molecule has 0 saturated carbocycles. The Hall–Kier alpha value is -0.940. The number of urea groups is 1. The molecule has 0 aromatic heterocycles. The second-order valence-electron chi connectivity index (χ2n) is 3.96. The fourth-order valence-corrected chi connectivity index (χ4v) is 1.65. The van der Waals surface area contributed by atoms with Crippen molar-refractivity contribution in [2.75, 3.05) is 19.6 Å². The molecule has 1 rings (SSSR count). The fraction of sp³-hybridized carbons (Fsp3) is 0.889. The van der Waals surface area contributed by atoms with Crippen LogP contribution in [0.1, 0.15) is 20.3 Å². The third kappa shape index (κ3) is 3.28. The van der Waals surface area contributed by atoms with Gasteiger partial charge < -0.3 is 9.80 Å². The topological polar surface area (TPSA) is 23.6 Å². The number of amides is 2. The molecule has 0 aromatic rings. The lowest BCUT2D eigenvalue weighted by atomic mass is 10.2. The van der Waals surface area contributed by atoms with Crippen molar-refractivity contribution in [2.45, 2.75) is 32.5 Å². The highest BCUT2D eigenvalue weighted by Gasteiger charge is 2.36. The number of halogens is 3. The van der Waals surface area contributed by atoms with E-state index in [9.17, 15) is 18.0 Å². The molecule has 0 aliphatic carbocycles. The Bertz CT molecular complexity index is 240. The van der Waals surface area contributed by atoms with Gasteiger partial charge >= 0.3 is 12.2 Å². The summed E-state index contributed by atoms with van der Waals surface area (Å²) in [4.78, 5) is 13.9. The van der Waals surface area contributed by atoms with Crippen molar-refractivity contribution in [3.63, 3.8) is 0 Å². The van der Waals surface area contributed by atoms with Gasteiger partial charge in [-0.25, -0.2) is 4.79 Å². The normalized spacial score (nSPS) is 18.9. The largest absolute Gasteiger partial charge is 0.406 e. The maximum atomic E-state index is 12.1. The van der Waals surface area contributed by atoms with Gasteiger partial charge in [0.15, 0.2) is 0 Å². The summed E-state index contributed by atoms with van der Waals surface area (Å²) < 4.78 is 36.4. The number of nitrogens with zero attached hydrogens (tertiary/aromatic N) is 2. The van der Waals surface area contributed by atoms with Crippen LogP contribution in [-0.2, 0) is 0 Å². The fourth-order valence-electron chi connectivity index (χ4n) is 1.65. The summed E-state index contributed by atoms with van der Waals surface area (Å²) >= 11 is 0. The van der Waals surface area contributed by atoms with Crippen molar-refractivity contribution in [1.29, 1.82) is 0 Å². The van der Waals surface area contributed by atoms with Crippen LogP contribution in [0.4, 0.5) is 18.0 Å². The van der Waals surface area contributed by atoms with Gasteiger partial charge in [0.25, 0.3) is 0 Å².